The van der Waals surface area contributed by atoms with E-state index in [4.69, 9.17) is 5.73 Å². The van der Waals surface area contributed by atoms with E-state index < -0.39 is 0 Å². The highest BCUT2D eigenvalue weighted by Gasteiger charge is 2.17. The molecule has 5 nitrogen and oxygen atoms in total. The average molecular weight is 397 g/mol. The molecule has 0 amide bonds. The van der Waals surface area contributed by atoms with Crippen molar-refractivity contribution in [3.8, 4) is 0 Å². The summed E-state index contributed by atoms with van der Waals surface area (Å²) in [6.07, 6.45) is 0. The number of hydrogen-bond acceptors (Lipinski definition) is 3. The number of halogens is 1. The molecule has 0 saturated carbocycles. The van der Waals surface area contributed by atoms with Crippen molar-refractivity contribution in [2.75, 3.05) is 45.8 Å². The lowest BCUT2D eigenvalue weighted by Gasteiger charge is -2.35. The summed E-state index contributed by atoms with van der Waals surface area (Å²) in [7, 11) is 0. The van der Waals surface area contributed by atoms with Crippen LogP contribution in [0.1, 0.15) is 27.7 Å². The van der Waals surface area contributed by atoms with Gasteiger partial charge in [-0.1, -0.05) is 13.8 Å². The summed E-state index contributed by atoms with van der Waals surface area (Å²) in [5, 5.41) is 3.12. The maximum Gasteiger partial charge on any atom is 0.188 e. The Morgan fingerprint density at radius 2 is 1.70 bits per heavy atom. The summed E-state index contributed by atoms with van der Waals surface area (Å²) in [5.41, 5.74) is 5.81. The summed E-state index contributed by atoms with van der Waals surface area (Å²) in [6, 6.07) is 0.348. The van der Waals surface area contributed by atoms with Crippen molar-refractivity contribution in [3.05, 3.63) is 0 Å². The summed E-state index contributed by atoms with van der Waals surface area (Å²) < 4.78 is 0. The number of likely N-dealkylation sites (N-methyl/N-ethyl adjacent to an activating group) is 1. The lowest BCUT2D eigenvalue weighted by Crippen LogP contribution is -2.47. The quantitative estimate of drug-likeness (QED) is 0.402. The van der Waals surface area contributed by atoms with Gasteiger partial charge in [0, 0.05) is 45.3 Å². The molecular formula is C14H32IN5. The van der Waals surface area contributed by atoms with Gasteiger partial charge in [-0.2, -0.15) is 0 Å². The highest BCUT2D eigenvalue weighted by Crippen LogP contribution is 2.05. The van der Waals surface area contributed by atoms with E-state index in [0.29, 0.717) is 17.9 Å². The standard InChI is InChI=1S/C14H31N5.HI/c1-5-18-6-8-19(9-7-18)11-13(4)10-16-14(15)17-12(2)3;/h12-13H,5-11H2,1-4H3,(H3,15,16,17);1H. The van der Waals surface area contributed by atoms with Gasteiger partial charge in [-0.05, 0) is 26.3 Å². The first kappa shape index (κ1) is 19.9. The van der Waals surface area contributed by atoms with Crippen LogP contribution in [0.4, 0.5) is 0 Å². The maximum absolute atomic E-state index is 5.81. The van der Waals surface area contributed by atoms with Crippen molar-refractivity contribution in [3.63, 3.8) is 0 Å². The molecule has 0 spiro atoms. The van der Waals surface area contributed by atoms with Gasteiger partial charge < -0.3 is 20.9 Å². The minimum absolute atomic E-state index is 0. The van der Waals surface area contributed by atoms with Gasteiger partial charge in [0.15, 0.2) is 5.96 Å². The highest BCUT2D eigenvalue weighted by molar-refractivity contribution is 14.0. The molecule has 0 bridgehead atoms. The number of nitrogens with one attached hydrogen (secondary N) is 1. The van der Waals surface area contributed by atoms with Crippen LogP contribution in [0.2, 0.25) is 0 Å². The first-order chi connectivity index (χ1) is 9.01. The summed E-state index contributed by atoms with van der Waals surface area (Å²) in [6.45, 7) is 16.5. The molecule has 1 aliphatic heterocycles. The normalized spacial score (nSPS) is 19.8. The second-order valence-electron chi connectivity index (χ2n) is 5.87. The fraction of sp³-hybridized carbons (Fsp3) is 0.929. The first-order valence-electron chi connectivity index (χ1n) is 7.52. The molecule has 0 aliphatic carbocycles. The Morgan fingerprint density at radius 1 is 1.15 bits per heavy atom. The fourth-order valence-electron chi connectivity index (χ4n) is 2.38. The fourth-order valence-corrected chi connectivity index (χ4v) is 2.38. The van der Waals surface area contributed by atoms with Crippen LogP contribution >= 0.6 is 24.0 Å². The van der Waals surface area contributed by atoms with Gasteiger partial charge in [-0.15, -0.1) is 24.0 Å². The Balaban J connectivity index is 0.00000361. The van der Waals surface area contributed by atoms with Crippen LogP contribution in [0, 0.1) is 5.92 Å². The van der Waals surface area contributed by atoms with Gasteiger partial charge in [0.1, 0.15) is 0 Å². The molecule has 0 aromatic heterocycles. The van der Waals surface area contributed by atoms with Crippen LogP contribution in [0.5, 0.6) is 0 Å². The largest absolute Gasteiger partial charge is 0.370 e. The molecule has 1 unspecified atom stereocenters. The first-order valence-corrected chi connectivity index (χ1v) is 7.52. The van der Waals surface area contributed by atoms with Crippen LogP contribution in [-0.2, 0) is 0 Å². The minimum atomic E-state index is 0. The molecule has 3 N–H and O–H groups in total. The van der Waals surface area contributed by atoms with Crippen LogP contribution in [0.3, 0.4) is 0 Å². The number of aliphatic imine (C=N–C) groups is 1. The summed E-state index contributed by atoms with van der Waals surface area (Å²) in [5.74, 6) is 1.12. The lowest BCUT2D eigenvalue weighted by atomic mass is 10.1. The van der Waals surface area contributed by atoms with Gasteiger partial charge in [-0.25, -0.2) is 0 Å². The number of hydrogen-bond donors (Lipinski definition) is 2. The van der Waals surface area contributed by atoms with Crippen LogP contribution < -0.4 is 11.1 Å². The maximum atomic E-state index is 5.81. The van der Waals surface area contributed by atoms with Gasteiger partial charge in [-0.3, -0.25) is 4.99 Å². The molecule has 1 aliphatic rings. The van der Waals surface area contributed by atoms with E-state index >= 15 is 0 Å². The molecule has 0 aromatic carbocycles. The van der Waals surface area contributed by atoms with E-state index in [1.54, 1.807) is 0 Å². The summed E-state index contributed by atoms with van der Waals surface area (Å²) >= 11 is 0. The van der Waals surface area contributed by atoms with Gasteiger partial charge in [0.2, 0.25) is 0 Å². The Bertz CT molecular complexity index is 275. The summed E-state index contributed by atoms with van der Waals surface area (Å²) in [4.78, 5) is 9.45. The molecule has 1 fully saturated rings. The zero-order valence-corrected chi connectivity index (χ0v) is 15.8. The highest BCUT2D eigenvalue weighted by atomic mass is 127. The third-order valence-corrected chi connectivity index (χ3v) is 3.49. The third-order valence-electron chi connectivity index (χ3n) is 3.49. The Labute approximate surface area is 141 Å². The van der Waals surface area contributed by atoms with E-state index in [1.165, 1.54) is 32.7 Å². The Morgan fingerprint density at radius 3 is 2.20 bits per heavy atom. The molecule has 1 atom stereocenters. The van der Waals surface area contributed by atoms with Crippen LogP contribution in [-0.4, -0.2) is 67.6 Å². The van der Waals surface area contributed by atoms with Crippen molar-refractivity contribution in [1.29, 1.82) is 0 Å². The number of nitrogens with two attached hydrogens (primary N) is 1. The Hall–Kier alpha value is -0.0800. The average Bonchev–Trinajstić information content (AvgIpc) is 2.36. The molecule has 1 rings (SSSR count). The zero-order valence-electron chi connectivity index (χ0n) is 13.4. The van der Waals surface area contributed by atoms with E-state index in [-0.39, 0.29) is 24.0 Å². The molecule has 6 heteroatoms. The SMILES string of the molecule is CCN1CCN(CC(C)CN=C(N)NC(C)C)CC1.I. The topological polar surface area (TPSA) is 56.9 Å². The predicted octanol–water partition coefficient (Wildman–Crippen LogP) is 1.19. The van der Waals surface area contributed by atoms with Crippen molar-refractivity contribution < 1.29 is 0 Å². The van der Waals surface area contributed by atoms with Crippen LogP contribution in [0.25, 0.3) is 0 Å². The van der Waals surface area contributed by atoms with E-state index in [0.717, 1.165) is 13.1 Å². The molecule has 0 radical (unpaired) electrons. The van der Waals surface area contributed by atoms with Crippen LogP contribution in [0.15, 0.2) is 4.99 Å². The van der Waals surface area contributed by atoms with Crippen molar-refractivity contribution >= 4 is 29.9 Å². The predicted molar refractivity (Wildman–Crippen MR) is 97.9 cm³/mol. The number of piperazine rings is 1. The van der Waals surface area contributed by atoms with Crippen molar-refractivity contribution in [2.45, 2.75) is 33.7 Å². The number of rotatable bonds is 6. The molecule has 1 saturated heterocycles. The molecular weight excluding hydrogens is 365 g/mol. The lowest BCUT2D eigenvalue weighted by molar-refractivity contribution is 0.125. The number of nitrogens with zero attached hydrogens (tertiary/aromatic N) is 3. The second-order valence-corrected chi connectivity index (χ2v) is 5.87. The smallest absolute Gasteiger partial charge is 0.188 e. The van der Waals surface area contributed by atoms with E-state index in [2.05, 4.69) is 47.8 Å². The van der Waals surface area contributed by atoms with Crippen molar-refractivity contribution in [2.24, 2.45) is 16.6 Å². The Kier molecular flexibility index (Phi) is 10.6. The third kappa shape index (κ3) is 8.26. The van der Waals surface area contributed by atoms with E-state index in [1.807, 2.05) is 0 Å². The molecule has 0 aromatic rings. The van der Waals surface area contributed by atoms with Gasteiger partial charge >= 0.3 is 0 Å². The monoisotopic (exact) mass is 397 g/mol. The minimum Gasteiger partial charge on any atom is -0.370 e. The molecule has 120 valence electrons. The van der Waals surface area contributed by atoms with Gasteiger partial charge in [0.25, 0.3) is 0 Å². The van der Waals surface area contributed by atoms with E-state index in [9.17, 15) is 0 Å². The zero-order chi connectivity index (χ0) is 14.3. The number of guanidine groups is 1. The van der Waals surface area contributed by atoms with Crippen molar-refractivity contribution in [1.82, 2.24) is 15.1 Å². The van der Waals surface area contributed by atoms with Gasteiger partial charge in [0.05, 0.1) is 0 Å². The second kappa shape index (κ2) is 10.6. The molecule has 1 heterocycles. The molecule has 20 heavy (non-hydrogen) atoms.